The van der Waals surface area contributed by atoms with E-state index in [2.05, 4.69) is 0 Å². The van der Waals surface area contributed by atoms with E-state index in [1.165, 1.54) is 12.5 Å². The molecule has 2 aromatic carbocycles. The molecule has 5 nitrogen and oxygen atoms in total. The number of aryl methyl sites for hydroxylation is 2. The number of rotatable bonds is 8. The number of Topliss-reactive ketones (excluding diaryl/α,β-unsaturated/α-hetero) is 2. The van der Waals surface area contributed by atoms with Crippen LogP contribution in [0.1, 0.15) is 42.0 Å². The van der Waals surface area contributed by atoms with Crippen LogP contribution in [0.15, 0.2) is 48.5 Å². The first-order chi connectivity index (χ1) is 13.2. The van der Waals surface area contributed by atoms with E-state index in [0.717, 1.165) is 16.7 Å². The zero-order valence-electron chi connectivity index (χ0n) is 16.6. The summed E-state index contributed by atoms with van der Waals surface area (Å²) in [5.41, 5.74) is 4.26. The lowest BCUT2D eigenvalue weighted by Crippen LogP contribution is -2.15. The van der Waals surface area contributed by atoms with Gasteiger partial charge >= 0.3 is 5.97 Å². The SMILES string of the molecule is CC(=O)CC(=O)Cc1ccc(C)cc1.Cc1ccc(CC(O)CC(=O)O)cc1. The van der Waals surface area contributed by atoms with Crippen LogP contribution in [0.4, 0.5) is 0 Å². The number of benzene rings is 2. The molecule has 5 heteroatoms. The van der Waals surface area contributed by atoms with Crippen molar-refractivity contribution in [3.8, 4) is 0 Å². The Morgan fingerprint density at radius 1 is 0.857 bits per heavy atom. The third kappa shape index (κ3) is 10.4. The molecular weight excluding hydrogens is 356 g/mol. The van der Waals surface area contributed by atoms with E-state index in [1.807, 2.05) is 62.4 Å². The maximum absolute atomic E-state index is 11.3. The van der Waals surface area contributed by atoms with Gasteiger partial charge in [0, 0.05) is 6.42 Å². The molecule has 1 unspecified atom stereocenters. The van der Waals surface area contributed by atoms with E-state index in [1.54, 1.807) is 0 Å². The minimum atomic E-state index is -0.968. The van der Waals surface area contributed by atoms with Crippen LogP contribution < -0.4 is 0 Å². The summed E-state index contributed by atoms with van der Waals surface area (Å²) >= 11 is 0. The molecule has 0 spiro atoms. The number of ketones is 2. The minimum Gasteiger partial charge on any atom is -0.481 e. The molecule has 28 heavy (non-hydrogen) atoms. The Hall–Kier alpha value is -2.79. The highest BCUT2D eigenvalue weighted by atomic mass is 16.4. The van der Waals surface area contributed by atoms with Gasteiger partial charge in [-0.3, -0.25) is 14.4 Å². The zero-order valence-corrected chi connectivity index (χ0v) is 16.6. The van der Waals surface area contributed by atoms with E-state index in [0.29, 0.717) is 12.8 Å². The summed E-state index contributed by atoms with van der Waals surface area (Å²) in [7, 11) is 0. The predicted molar refractivity (Wildman–Crippen MR) is 108 cm³/mol. The molecule has 0 bridgehead atoms. The largest absolute Gasteiger partial charge is 0.481 e. The molecule has 0 amide bonds. The normalized spacial score (nSPS) is 11.1. The fourth-order valence-electron chi connectivity index (χ4n) is 2.54. The third-order valence-corrected chi connectivity index (χ3v) is 3.97. The molecule has 0 aliphatic rings. The van der Waals surface area contributed by atoms with Crippen LogP contribution in [0.2, 0.25) is 0 Å². The minimum absolute atomic E-state index is 0.0126. The number of carboxylic acid groups (broad SMARTS) is 1. The maximum Gasteiger partial charge on any atom is 0.305 e. The predicted octanol–water partition coefficient (Wildman–Crippen LogP) is 3.46. The Morgan fingerprint density at radius 2 is 1.32 bits per heavy atom. The lowest BCUT2D eigenvalue weighted by molar-refractivity contribution is -0.139. The van der Waals surface area contributed by atoms with Gasteiger partial charge in [0.15, 0.2) is 0 Å². The smallest absolute Gasteiger partial charge is 0.305 e. The number of hydrogen-bond donors (Lipinski definition) is 2. The fraction of sp³-hybridized carbons (Fsp3) is 0.348. The molecule has 2 aromatic rings. The van der Waals surface area contributed by atoms with Crippen LogP contribution >= 0.6 is 0 Å². The molecule has 0 aliphatic heterocycles. The molecule has 0 saturated carbocycles. The number of aliphatic hydroxyl groups is 1. The van der Waals surface area contributed by atoms with Crippen LogP contribution in [0.5, 0.6) is 0 Å². The van der Waals surface area contributed by atoms with Gasteiger partial charge < -0.3 is 10.2 Å². The molecule has 0 saturated heterocycles. The average molecular weight is 384 g/mol. The van der Waals surface area contributed by atoms with Gasteiger partial charge in [-0.05, 0) is 38.3 Å². The first kappa shape index (κ1) is 23.2. The second-order valence-electron chi connectivity index (χ2n) is 7.02. The molecule has 150 valence electrons. The number of aliphatic carboxylic acids is 1. The van der Waals surface area contributed by atoms with Gasteiger partial charge in [0.2, 0.25) is 0 Å². The van der Waals surface area contributed by atoms with Crippen molar-refractivity contribution in [1.82, 2.24) is 0 Å². The molecular formula is C23H28O5. The maximum atomic E-state index is 11.3. The van der Waals surface area contributed by atoms with Gasteiger partial charge in [-0.1, -0.05) is 59.7 Å². The first-order valence-corrected chi connectivity index (χ1v) is 9.17. The summed E-state index contributed by atoms with van der Waals surface area (Å²) in [5.74, 6) is -1.05. The van der Waals surface area contributed by atoms with E-state index < -0.39 is 12.1 Å². The number of hydrogen-bond acceptors (Lipinski definition) is 4. The highest BCUT2D eigenvalue weighted by Crippen LogP contribution is 2.08. The summed E-state index contributed by atoms with van der Waals surface area (Å²) in [4.78, 5) is 32.3. The van der Waals surface area contributed by atoms with Gasteiger partial charge in [-0.15, -0.1) is 0 Å². The average Bonchev–Trinajstić information content (AvgIpc) is 2.58. The molecule has 0 aliphatic carbocycles. The topological polar surface area (TPSA) is 91.7 Å². The van der Waals surface area contributed by atoms with Crippen molar-refractivity contribution < 1.29 is 24.6 Å². The molecule has 0 aromatic heterocycles. The van der Waals surface area contributed by atoms with E-state index in [-0.39, 0.29) is 24.4 Å². The van der Waals surface area contributed by atoms with E-state index in [9.17, 15) is 19.5 Å². The third-order valence-electron chi connectivity index (χ3n) is 3.97. The van der Waals surface area contributed by atoms with Crippen LogP contribution in [0, 0.1) is 13.8 Å². The standard InChI is InChI=1S/C12H14O2.C11H14O3/c1-9-3-5-11(6-4-9)8-12(14)7-10(2)13;1-8-2-4-9(5-3-8)6-10(12)7-11(13)14/h3-6H,7-8H2,1-2H3;2-5,10,12H,6-7H2,1H3,(H,13,14). The van der Waals surface area contributed by atoms with Crippen LogP contribution in [-0.4, -0.2) is 33.9 Å². The second-order valence-corrected chi connectivity index (χ2v) is 7.02. The Bertz CT molecular complexity index is 776. The van der Waals surface area contributed by atoms with Crippen molar-refractivity contribution in [1.29, 1.82) is 0 Å². The van der Waals surface area contributed by atoms with Crippen LogP contribution in [0.25, 0.3) is 0 Å². The fourth-order valence-corrected chi connectivity index (χ4v) is 2.54. The number of carboxylic acids is 1. The molecule has 1 atom stereocenters. The Kier molecular flexibility index (Phi) is 9.82. The number of carbonyl (C=O) groups is 3. The Labute approximate surface area is 166 Å². The van der Waals surface area contributed by atoms with Gasteiger partial charge in [-0.2, -0.15) is 0 Å². The quantitative estimate of drug-likeness (QED) is 0.680. The molecule has 0 fully saturated rings. The van der Waals surface area contributed by atoms with E-state index >= 15 is 0 Å². The molecule has 0 heterocycles. The Morgan fingerprint density at radius 3 is 1.75 bits per heavy atom. The molecule has 2 N–H and O–H groups in total. The van der Waals surface area contributed by atoms with Crippen LogP contribution in [-0.2, 0) is 27.2 Å². The van der Waals surface area contributed by atoms with Gasteiger partial charge in [0.1, 0.15) is 11.6 Å². The summed E-state index contributed by atoms with van der Waals surface area (Å²) in [6, 6.07) is 15.5. The highest BCUT2D eigenvalue weighted by Gasteiger charge is 2.09. The summed E-state index contributed by atoms with van der Waals surface area (Å²) in [6.07, 6.45) is -0.191. The second kappa shape index (κ2) is 11.8. The van der Waals surface area contributed by atoms with Gasteiger partial charge in [0.05, 0.1) is 18.9 Å². The number of carbonyl (C=O) groups excluding carboxylic acids is 2. The van der Waals surface area contributed by atoms with Crippen molar-refractivity contribution in [3.05, 3.63) is 70.8 Å². The summed E-state index contributed by atoms with van der Waals surface area (Å²) in [5, 5.41) is 17.8. The van der Waals surface area contributed by atoms with Crippen molar-refractivity contribution in [2.24, 2.45) is 0 Å². The van der Waals surface area contributed by atoms with Crippen molar-refractivity contribution in [2.75, 3.05) is 0 Å². The van der Waals surface area contributed by atoms with Gasteiger partial charge in [0.25, 0.3) is 0 Å². The van der Waals surface area contributed by atoms with Crippen molar-refractivity contribution in [3.63, 3.8) is 0 Å². The first-order valence-electron chi connectivity index (χ1n) is 9.17. The summed E-state index contributed by atoms with van der Waals surface area (Å²) < 4.78 is 0. The van der Waals surface area contributed by atoms with Crippen molar-refractivity contribution >= 4 is 17.5 Å². The summed E-state index contributed by atoms with van der Waals surface area (Å²) in [6.45, 7) is 5.42. The lowest BCUT2D eigenvalue weighted by atomic mass is 10.0. The molecule has 2 rings (SSSR count). The number of aliphatic hydroxyl groups excluding tert-OH is 1. The van der Waals surface area contributed by atoms with Gasteiger partial charge in [-0.25, -0.2) is 0 Å². The Balaban J connectivity index is 0.000000280. The highest BCUT2D eigenvalue weighted by molar-refractivity contribution is 5.98. The van der Waals surface area contributed by atoms with Crippen molar-refractivity contribution in [2.45, 2.75) is 52.6 Å². The van der Waals surface area contributed by atoms with E-state index in [4.69, 9.17) is 5.11 Å². The monoisotopic (exact) mass is 384 g/mol. The van der Waals surface area contributed by atoms with Crippen LogP contribution in [0.3, 0.4) is 0 Å². The zero-order chi connectivity index (χ0) is 21.1. The molecule has 0 radical (unpaired) electrons. The lowest BCUT2D eigenvalue weighted by Gasteiger charge is -2.07.